The summed E-state index contributed by atoms with van der Waals surface area (Å²) in [5, 5.41) is 15.5. The number of rotatable bonds is 20. The highest BCUT2D eigenvalue weighted by molar-refractivity contribution is 7.90. The number of pyridine rings is 3. The first-order valence-electron chi connectivity index (χ1n) is 39.8. The number of esters is 1. The van der Waals surface area contributed by atoms with Crippen molar-refractivity contribution in [3.05, 3.63) is 266 Å². The highest BCUT2D eigenvalue weighted by atomic mass is 32.2. The Balaban J connectivity index is 0.000000155. The molecule has 3 aliphatic rings. The molecule has 24 nitrogen and oxygen atoms in total. The number of nitrogens with zero attached hydrogens (tertiary/aromatic N) is 13. The van der Waals surface area contributed by atoms with Crippen molar-refractivity contribution in [3.8, 4) is 0 Å². The van der Waals surface area contributed by atoms with E-state index in [1.807, 2.05) is 82.5 Å². The van der Waals surface area contributed by atoms with Crippen molar-refractivity contribution >= 4 is 103 Å². The Morgan fingerprint density at radius 2 is 0.835 bits per heavy atom. The minimum absolute atomic E-state index is 0.0102. The number of nitrogens with one attached hydrogen (secondary N) is 1. The average molecular weight is 1610 g/mol. The summed E-state index contributed by atoms with van der Waals surface area (Å²) >= 11 is 0. The monoisotopic (exact) mass is 1610 g/mol. The summed E-state index contributed by atoms with van der Waals surface area (Å²) in [6, 6.07) is 62.0. The fraction of sp³-hybridized carbons (Fsp3) is 0.318. The van der Waals surface area contributed by atoms with Gasteiger partial charge in [-0.15, -0.1) is 0 Å². The zero-order chi connectivity index (χ0) is 81.2. The fourth-order valence-electron chi connectivity index (χ4n) is 15.5. The normalized spacial score (nSPS) is 16.2. The van der Waals surface area contributed by atoms with Gasteiger partial charge in [-0.3, -0.25) is 14.7 Å². The molecule has 0 unspecified atom stereocenters. The minimum Gasteiger partial charge on any atom is -0.460 e. The lowest BCUT2D eigenvalue weighted by atomic mass is 10.0. The number of aliphatic hydroxyl groups is 1. The van der Waals surface area contributed by atoms with E-state index in [-0.39, 0.29) is 51.9 Å². The number of ether oxygens (including phenoxy) is 1. The number of hydrogen-bond acceptors (Lipinski definition) is 19. The molecule has 115 heavy (non-hydrogen) atoms. The van der Waals surface area contributed by atoms with Crippen LogP contribution in [-0.4, -0.2) is 156 Å². The maximum absolute atomic E-state index is 13.5. The first-order valence-corrected chi connectivity index (χ1v) is 44.1. The molecule has 3 saturated heterocycles. The summed E-state index contributed by atoms with van der Waals surface area (Å²) < 4.78 is 93.4. The van der Waals surface area contributed by atoms with Gasteiger partial charge in [0.05, 0.1) is 68.9 Å². The van der Waals surface area contributed by atoms with Crippen LogP contribution < -0.4 is 11.1 Å². The van der Waals surface area contributed by atoms with Gasteiger partial charge < -0.3 is 30.0 Å². The van der Waals surface area contributed by atoms with Gasteiger partial charge in [0.1, 0.15) is 16.9 Å². The molecule has 602 valence electrons. The largest absolute Gasteiger partial charge is 0.460 e. The Labute approximate surface area is 674 Å². The van der Waals surface area contributed by atoms with Crippen LogP contribution in [0.3, 0.4) is 0 Å². The number of aromatic nitrogens is 10. The van der Waals surface area contributed by atoms with Crippen molar-refractivity contribution in [2.75, 3.05) is 63.5 Å². The SMILES string of the molecule is CC.CC.CC.CCOC(=O)c1nc2cnc3c(ccn3S(=O)(=O)c3ccccc3)c2n1[C@@H]1CCCN(Cc2ccccc2)C1.Nc1cnc2c(ccn2S(=O)(=O)c2ccccc2)c1N[C@@H]1CCCN(Cc2ccccc2)C1.O=S(=O)(c1ccccc1)n1ccc2c1ncc1nc(CCO)n([C@@H]3CCCN(Cc4ccccc4)C3)c12. The summed E-state index contributed by atoms with van der Waals surface area (Å²) in [7, 11) is -11.4. The lowest BCUT2D eigenvalue weighted by Gasteiger charge is -2.34. The Morgan fingerprint density at radius 3 is 1.26 bits per heavy atom. The van der Waals surface area contributed by atoms with Crippen molar-refractivity contribution in [2.24, 2.45) is 0 Å². The molecule has 0 saturated carbocycles. The lowest BCUT2D eigenvalue weighted by Crippen LogP contribution is -2.41. The molecule has 0 spiro atoms. The molecule has 3 atom stereocenters. The van der Waals surface area contributed by atoms with E-state index in [1.54, 1.807) is 135 Å². The van der Waals surface area contributed by atoms with Crippen LogP contribution in [0, 0.1) is 0 Å². The number of imidazole rings is 2. The summed E-state index contributed by atoms with van der Waals surface area (Å²) in [6.45, 7) is 22.1. The van der Waals surface area contributed by atoms with Crippen LogP contribution in [0.4, 0.5) is 11.4 Å². The molecule has 3 aliphatic heterocycles. The predicted octanol–water partition coefficient (Wildman–Crippen LogP) is 15.6. The van der Waals surface area contributed by atoms with E-state index in [9.17, 15) is 35.2 Å². The Hall–Kier alpha value is -10.9. The van der Waals surface area contributed by atoms with E-state index >= 15 is 0 Å². The Kier molecular flexibility index (Phi) is 27.9. The van der Waals surface area contributed by atoms with Crippen LogP contribution in [0.15, 0.2) is 252 Å². The second kappa shape index (κ2) is 38.5. The summed E-state index contributed by atoms with van der Waals surface area (Å²) in [5.41, 5.74) is 15.2. The topological polar surface area (TPSA) is 286 Å². The second-order valence-electron chi connectivity index (χ2n) is 27.7. The Bertz CT molecular complexity index is 5890. The molecule has 0 radical (unpaired) electrons. The molecule has 14 aromatic rings. The highest BCUT2D eigenvalue weighted by Crippen LogP contribution is 2.38. The number of carbonyl (C=O) groups excluding carboxylic acids is 1. The number of nitrogens with two attached hydrogens (primary N) is 1. The zero-order valence-corrected chi connectivity index (χ0v) is 68.8. The zero-order valence-electron chi connectivity index (χ0n) is 66.3. The first kappa shape index (κ1) is 83.5. The van der Waals surface area contributed by atoms with E-state index in [2.05, 4.69) is 105 Å². The average Bonchev–Trinajstić information content (AvgIpc) is 1.58. The predicted molar refractivity (Wildman–Crippen MR) is 456 cm³/mol. The maximum atomic E-state index is 13.5. The second-order valence-corrected chi connectivity index (χ2v) is 33.2. The number of carbonyl (C=O) groups is 1. The molecule has 8 aromatic heterocycles. The molecular formula is C88H103N15O9S3. The number of nitrogen functional groups attached to an aromatic ring is 1. The third kappa shape index (κ3) is 18.4. The van der Waals surface area contributed by atoms with Gasteiger partial charge in [0.15, 0.2) is 16.9 Å². The van der Waals surface area contributed by atoms with Crippen molar-refractivity contribution in [1.29, 1.82) is 0 Å². The molecule has 17 rings (SSSR count). The number of likely N-dealkylation sites (tertiary alicyclic amines) is 3. The third-order valence-electron chi connectivity index (χ3n) is 20.4. The molecule has 3 fully saturated rings. The van der Waals surface area contributed by atoms with E-state index in [0.717, 1.165) is 120 Å². The molecule has 11 heterocycles. The van der Waals surface area contributed by atoms with Crippen molar-refractivity contribution in [2.45, 2.75) is 146 Å². The van der Waals surface area contributed by atoms with Crippen LogP contribution >= 0.6 is 0 Å². The van der Waals surface area contributed by atoms with Gasteiger partial charge in [-0.05, 0) is 136 Å². The molecule has 0 amide bonds. The molecule has 4 N–H and O–H groups in total. The summed E-state index contributed by atoms with van der Waals surface area (Å²) in [5.74, 6) is 0.516. The van der Waals surface area contributed by atoms with Gasteiger partial charge in [0.2, 0.25) is 5.82 Å². The highest BCUT2D eigenvalue weighted by Gasteiger charge is 2.34. The minimum atomic E-state index is -3.87. The van der Waals surface area contributed by atoms with Crippen molar-refractivity contribution < 1.29 is 39.9 Å². The molecule has 0 aliphatic carbocycles. The van der Waals surface area contributed by atoms with Gasteiger partial charge in [-0.2, -0.15) is 0 Å². The van der Waals surface area contributed by atoms with Gasteiger partial charge in [0.25, 0.3) is 30.1 Å². The first-order chi connectivity index (χ1) is 56.0. The standard InChI is InChI=1S/C29H29N5O4S.C28H29N5O3S.C25H27N5O2S.3C2H6/c1-2-38-29(35)28-31-25-18-30-27-24(15-17-33(27)39(36,37)23-13-7-4-8-14-23)26(25)34(28)22-12-9-16-32(20-22)19-21-10-5-3-6-11-21;34-17-14-26-30-25-18-29-28-24(13-16-32(28)37(35,36)23-11-5-2-6-12-23)27(25)33(26)22-10-7-15-31(20-22)19-21-8-3-1-4-9-21;26-23-16-27-25-22(13-15-30(25)33(31,32)21-11-5-2-6-12-21)24(23)28-20-10-7-14-29(18-20)17-19-8-3-1-4-9-19;3*1-2/h3-8,10-11,13-15,17-18,22H,2,9,12,16,19-20H2,1H3;1-6,8-9,11-13,16,18,22,34H,7,10,14-15,17,19-20H2;1-6,8-9,11-13,15-16,20H,7,10,14,17-18,26H2,(H,27,28);3*1-2H3/t2*22-;20-;;;/m111.../s1. The van der Waals surface area contributed by atoms with Gasteiger partial charge in [-0.1, -0.05) is 187 Å². The molecule has 0 bridgehead atoms. The van der Waals surface area contributed by atoms with Crippen LogP contribution in [0.2, 0.25) is 0 Å². The number of benzene rings is 6. The number of piperidine rings is 3. The van der Waals surface area contributed by atoms with E-state index < -0.39 is 36.0 Å². The third-order valence-corrected chi connectivity index (χ3v) is 25.5. The summed E-state index contributed by atoms with van der Waals surface area (Å²) in [4.78, 5) is 43.8. The van der Waals surface area contributed by atoms with E-state index in [1.165, 1.54) is 41.0 Å². The van der Waals surface area contributed by atoms with Crippen LogP contribution in [0.25, 0.3) is 55.2 Å². The number of hydrogen-bond donors (Lipinski definition) is 3. The number of aliphatic hydroxyl groups excluding tert-OH is 1. The van der Waals surface area contributed by atoms with E-state index in [4.69, 9.17) is 15.5 Å². The quantitative estimate of drug-likeness (QED) is 0.0598. The summed E-state index contributed by atoms with van der Waals surface area (Å²) in [6.07, 6.45) is 15.7. The fourth-order valence-corrected chi connectivity index (χ4v) is 19.4. The van der Waals surface area contributed by atoms with Gasteiger partial charge in [0, 0.05) is 98.6 Å². The van der Waals surface area contributed by atoms with Gasteiger partial charge >= 0.3 is 5.97 Å². The maximum Gasteiger partial charge on any atom is 0.374 e. The van der Waals surface area contributed by atoms with Crippen LogP contribution in [0.5, 0.6) is 0 Å². The molecule has 27 heteroatoms. The van der Waals surface area contributed by atoms with E-state index in [0.29, 0.717) is 56.4 Å². The van der Waals surface area contributed by atoms with Crippen LogP contribution in [-0.2, 0) is 60.9 Å². The lowest BCUT2D eigenvalue weighted by molar-refractivity contribution is 0.0499. The number of fused-ring (bicyclic) bond motifs is 7. The van der Waals surface area contributed by atoms with Gasteiger partial charge in [-0.25, -0.2) is 66.9 Å². The molecule has 6 aromatic carbocycles. The smallest absolute Gasteiger partial charge is 0.374 e. The Morgan fingerprint density at radius 1 is 0.470 bits per heavy atom. The van der Waals surface area contributed by atoms with Crippen molar-refractivity contribution in [3.63, 3.8) is 0 Å². The number of anilines is 2. The molecular weight excluding hydrogens is 1510 g/mol. The van der Waals surface area contributed by atoms with Crippen LogP contribution in [0.1, 0.15) is 132 Å². The van der Waals surface area contributed by atoms with Crippen molar-refractivity contribution in [1.82, 2.24) is 60.7 Å².